The van der Waals surface area contributed by atoms with E-state index in [0.717, 1.165) is 16.2 Å². The maximum atomic E-state index is 13.0. The van der Waals surface area contributed by atoms with Crippen molar-refractivity contribution in [1.82, 2.24) is 5.01 Å². The minimum Gasteiger partial charge on any atom is -0.467 e. The molecule has 1 aromatic heterocycles. The summed E-state index contributed by atoms with van der Waals surface area (Å²) in [6, 6.07) is 16.8. The van der Waals surface area contributed by atoms with Gasteiger partial charge < -0.3 is 4.42 Å². The molecule has 0 unspecified atom stereocenters. The summed E-state index contributed by atoms with van der Waals surface area (Å²) in [6.45, 7) is 0. The Bertz CT molecular complexity index is 988. The standard InChI is InChI=1S/C21H16ClFN2O2S/c22-15-5-3-14(4-6-15)18-12-19(20-2-1-11-27-20)25(24-18)21(26)13-28-17-9-7-16(23)8-10-17/h1-11,19H,12-13H2/t19-/m1/s1. The second kappa shape index (κ2) is 8.20. The lowest BCUT2D eigenvalue weighted by Crippen LogP contribution is -2.28. The number of thioether (sulfide) groups is 1. The average Bonchev–Trinajstić information content (AvgIpc) is 3.37. The molecule has 2 aromatic carbocycles. The summed E-state index contributed by atoms with van der Waals surface area (Å²) < 4.78 is 18.6. The van der Waals surface area contributed by atoms with E-state index in [1.807, 2.05) is 18.2 Å². The minimum absolute atomic E-state index is 0.139. The fraction of sp³-hybridized carbons (Fsp3) is 0.143. The van der Waals surface area contributed by atoms with Crippen LogP contribution in [0.15, 0.2) is 81.3 Å². The van der Waals surface area contributed by atoms with E-state index in [9.17, 15) is 9.18 Å². The molecule has 0 spiro atoms. The van der Waals surface area contributed by atoms with Gasteiger partial charge in [-0.1, -0.05) is 23.7 Å². The first-order valence-corrected chi connectivity index (χ1v) is 10.0. The van der Waals surface area contributed by atoms with E-state index in [-0.39, 0.29) is 23.5 Å². The molecule has 3 aromatic rings. The molecule has 7 heteroatoms. The number of furan rings is 1. The first-order valence-electron chi connectivity index (χ1n) is 8.67. The number of hydrazone groups is 1. The van der Waals surface area contributed by atoms with Gasteiger partial charge >= 0.3 is 0 Å². The summed E-state index contributed by atoms with van der Waals surface area (Å²) in [5.41, 5.74) is 1.72. The van der Waals surface area contributed by atoms with Crippen LogP contribution in [-0.2, 0) is 4.79 Å². The molecule has 142 valence electrons. The number of nitrogens with zero attached hydrogens (tertiary/aromatic N) is 2. The number of hydrogen-bond donors (Lipinski definition) is 0. The van der Waals surface area contributed by atoms with Crippen LogP contribution in [0, 0.1) is 5.82 Å². The Morgan fingerprint density at radius 2 is 1.93 bits per heavy atom. The molecule has 1 aliphatic heterocycles. The van der Waals surface area contributed by atoms with Gasteiger partial charge in [-0.25, -0.2) is 9.40 Å². The molecule has 0 bridgehead atoms. The minimum atomic E-state index is -0.301. The maximum Gasteiger partial charge on any atom is 0.253 e. The summed E-state index contributed by atoms with van der Waals surface area (Å²) in [4.78, 5) is 13.7. The molecule has 0 radical (unpaired) electrons. The van der Waals surface area contributed by atoms with Crippen LogP contribution in [0.5, 0.6) is 0 Å². The number of carbonyl (C=O) groups excluding carboxylic acids is 1. The SMILES string of the molecule is O=C(CSc1ccc(F)cc1)N1N=C(c2ccc(Cl)cc2)C[C@@H]1c1ccco1. The second-order valence-electron chi connectivity index (χ2n) is 6.27. The second-order valence-corrected chi connectivity index (χ2v) is 7.76. The molecule has 1 atom stereocenters. The third kappa shape index (κ3) is 4.13. The lowest BCUT2D eigenvalue weighted by atomic mass is 10.0. The Kier molecular flexibility index (Phi) is 5.50. The van der Waals surface area contributed by atoms with Crippen LogP contribution in [0.2, 0.25) is 5.02 Å². The van der Waals surface area contributed by atoms with E-state index in [1.165, 1.54) is 28.9 Å². The van der Waals surface area contributed by atoms with Crippen molar-refractivity contribution in [3.8, 4) is 0 Å². The Hall–Kier alpha value is -2.57. The highest BCUT2D eigenvalue weighted by atomic mass is 35.5. The Morgan fingerprint density at radius 1 is 1.18 bits per heavy atom. The molecule has 2 heterocycles. The lowest BCUT2D eigenvalue weighted by Gasteiger charge is -2.19. The first-order chi connectivity index (χ1) is 13.6. The van der Waals surface area contributed by atoms with E-state index >= 15 is 0 Å². The highest BCUT2D eigenvalue weighted by Gasteiger charge is 2.34. The van der Waals surface area contributed by atoms with Crippen LogP contribution < -0.4 is 0 Å². The normalized spacial score (nSPS) is 16.3. The van der Waals surface area contributed by atoms with Crippen molar-refractivity contribution < 1.29 is 13.6 Å². The zero-order valence-electron chi connectivity index (χ0n) is 14.7. The number of benzene rings is 2. The number of amides is 1. The molecule has 4 nitrogen and oxygen atoms in total. The molecular weight excluding hydrogens is 399 g/mol. The average molecular weight is 415 g/mol. The summed E-state index contributed by atoms with van der Waals surface area (Å²) in [7, 11) is 0. The summed E-state index contributed by atoms with van der Waals surface area (Å²) in [5.74, 6) is 0.443. The molecule has 0 N–H and O–H groups in total. The highest BCUT2D eigenvalue weighted by molar-refractivity contribution is 8.00. The van der Waals surface area contributed by atoms with Crippen LogP contribution in [0.4, 0.5) is 4.39 Å². The molecule has 0 saturated carbocycles. The van der Waals surface area contributed by atoms with Gasteiger partial charge in [-0.2, -0.15) is 5.10 Å². The van der Waals surface area contributed by atoms with Crippen LogP contribution in [0.25, 0.3) is 0 Å². The molecule has 1 amide bonds. The molecule has 1 aliphatic rings. The van der Waals surface area contributed by atoms with Gasteiger partial charge in [0, 0.05) is 16.3 Å². The van der Waals surface area contributed by atoms with Crippen LogP contribution in [-0.4, -0.2) is 22.4 Å². The third-order valence-corrected chi connectivity index (χ3v) is 5.64. The fourth-order valence-corrected chi connectivity index (χ4v) is 3.88. The van der Waals surface area contributed by atoms with Gasteiger partial charge in [-0.05, 0) is 54.1 Å². The summed E-state index contributed by atoms with van der Waals surface area (Å²) in [5, 5.41) is 6.71. The predicted octanol–water partition coefficient (Wildman–Crippen LogP) is 5.54. The Morgan fingerprint density at radius 3 is 2.61 bits per heavy atom. The number of carbonyl (C=O) groups is 1. The number of hydrogen-bond acceptors (Lipinski definition) is 4. The lowest BCUT2D eigenvalue weighted by molar-refractivity contribution is -0.130. The molecule has 4 rings (SSSR count). The van der Waals surface area contributed by atoms with Gasteiger partial charge in [-0.3, -0.25) is 4.79 Å². The van der Waals surface area contributed by atoms with Crippen molar-refractivity contribution >= 4 is 35.0 Å². The van der Waals surface area contributed by atoms with Crippen molar-refractivity contribution in [3.63, 3.8) is 0 Å². The van der Waals surface area contributed by atoms with Crippen molar-refractivity contribution in [3.05, 3.63) is 89.1 Å². The Labute approximate surface area is 171 Å². The van der Waals surface area contributed by atoms with Gasteiger partial charge in [-0.15, -0.1) is 11.8 Å². The molecular formula is C21H16ClFN2O2S. The van der Waals surface area contributed by atoms with Gasteiger partial charge in [0.05, 0.1) is 17.7 Å². The van der Waals surface area contributed by atoms with Crippen molar-refractivity contribution in [2.24, 2.45) is 5.10 Å². The quantitative estimate of drug-likeness (QED) is 0.515. The van der Waals surface area contributed by atoms with Crippen molar-refractivity contribution in [2.45, 2.75) is 17.4 Å². The van der Waals surface area contributed by atoms with Crippen LogP contribution in [0.3, 0.4) is 0 Å². The summed E-state index contributed by atoms with van der Waals surface area (Å²) in [6.07, 6.45) is 2.15. The maximum absolute atomic E-state index is 13.0. The van der Waals surface area contributed by atoms with Gasteiger partial charge in [0.25, 0.3) is 5.91 Å². The van der Waals surface area contributed by atoms with E-state index in [4.69, 9.17) is 16.0 Å². The van der Waals surface area contributed by atoms with Crippen LogP contribution >= 0.6 is 23.4 Å². The smallest absolute Gasteiger partial charge is 0.253 e. The largest absolute Gasteiger partial charge is 0.467 e. The van der Waals surface area contributed by atoms with Crippen molar-refractivity contribution in [1.29, 1.82) is 0 Å². The van der Waals surface area contributed by atoms with Gasteiger partial charge in [0.2, 0.25) is 0 Å². The van der Waals surface area contributed by atoms with E-state index in [2.05, 4.69) is 5.10 Å². The number of halogens is 2. The zero-order valence-corrected chi connectivity index (χ0v) is 16.3. The molecule has 0 aliphatic carbocycles. The summed E-state index contributed by atoms with van der Waals surface area (Å²) >= 11 is 7.32. The zero-order chi connectivity index (χ0) is 19.5. The fourth-order valence-electron chi connectivity index (χ4n) is 3.00. The van der Waals surface area contributed by atoms with Gasteiger partial charge in [0.15, 0.2) is 0 Å². The van der Waals surface area contributed by atoms with E-state index in [1.54, 1.807) is 36.6 Å². The first kappa shape index (κ1) is 18.8. The third-order valence-electron chi connectivity index (χ3n) is 4.39. The number of rotatable bonds is 5. The predicted molar refractivity (Wildman–Crippen MR) is 108 cm³/mol. The van der Waals surface area contributed by atoms with E-state index in [0.29, 0.717) is 17.2 Å². The van der Waals surface area contributed by atoms with Gasteiger partial charge in [0.1, 0.15) is 17.6 Å². The van der Waals surface area contributed by atoms with Crippen molar-refractivity contribution in [2.75, 3.05) is 5.75 Å². The van der Waals surface area contributed by atoms with Crippen LogP contribution in [0.1, 0.15) is 23.8 Å². The molecule has 0 saturated heterocycles. The Balaban J connectivity index is 1.54. The topological polar surface area (TPSA) is 45.8 Å². The van der Waals surface area contributed by atoms with E-state index < -0.39 is 0 Å². The molecule has 0 fully saturated rings. The monoisotopic (exact) mass is 414 g/mol. The molecule has 28 heavy (non-hydrogen) atoms. The highest BCUT2D eigenvalue weighted by Crippen LogP contribution is 2.34.